The monoisotopic (exact) mass is 297 g/mol. The Bertz CT molecular complexity index is 362. The molecule has 94 valence electrons. The van der Waals surface area contributed by atoms with E-state index < -0.39 is 0 Å². The number of halogens is 1. The maximum Gasteiger partial charge on any atom is 0.0344 e. The molecule has 0 radical (unpaired) electrons. The van der Waals surface area contributed by atoms with E-state index in [0.717, 1.165) is 26.2 Å². The quantitative estimate of drug-likeness (QED) is 0.891. The Labute approximate surface area is 112 Å². The molecule has 3 nitrogen and oxygen atoms in total. The lowest BCUT2D eigenvalue weighted by atomic mass is 10.2. The van der Waals surface area contributed by atoms with Crippen LogP contribution in [0.3, 0.4) is 0 Å². The summed E-state index contributed by atoms with van der Waals surface area (Å²) in [4.78, 5) is 2.50. The van der Waals surface area contributed by atoms with Gasteiger partial charge < -0.3 is 10.6 Å². The SMILES string of the molecule is Cc1cc(NCCN2CCNCC2)ccc1Br. The maximum absolute atomic E-state index is 3.52. The van der Waals surface area contributed by atoms with Crippen molar-refractivity contribution < 1.29 is 0 Å². The minimum Gasteiger partial charge on any atom is -0.384 e. The molecule has 0 bridgehead atoms. The number of hydrogen-bond donors (Lipinski definition) is 2. The highest BCUT2D eigenvalue weighted by molar-refractivity contribution is 9.10. The standard InChI is InChI=1S/C13H20BrN3/c1-11-10-12(2-3-13(11)14)16-6-9-17-7-4-15-5-8-17/h2-3,10,15-16H,4-9H2,1H3. The van der Waals surface area contributed by atoms with E-state index in [1.54, 1.807) is 0 Å². The van der Waals surface area contributed by atoms with Crippen LogP contribution in [-0.4, -0.2) is 44.2 Å². The summed E-state index contributed by atoms with van der Waals surface area (Å²) < 4.78 is 1.17. The summed E-state index contributed by atoms with van der Waals surface area (Å²) in [5.41, 5.74) is 2.48. The Morgan fingerprint density at radius 3 is 2.82 bits per heavy atom. The zero-order valence-corrected chi connectivity index (χ0v) is 11.9. The van der Waals surface area contributed by atoms with E-state index in [9.17, 15) is 0 Å². The van der Waals surface area contributed by atoms with E-state index in [1.165, 1.54) is 28.8 Å². The predicted octanol–water partition coefficient (Wildman–Crippen LogP) is 2.07. The number of rotatable bonds is 4. The van der Waals surface area contributed by atoms with Gasteiger partial charge in [-0.1, -0.05) is 15.9 Å². The summed E-state index contributed by atoms with van der Waals surface area (Å²) in [6, 6.07) is 6.40. The third-order valence-electron chi connectivity index (χ3n) is 3.12. The van der Waals surface area contributed by atoms with Crippen molar-refractivity contribution in [3.63, 3.8) is 0 Å². The molecule has 0 atom stereocenters. The number of piperazine rings is 1. The number of anilines is 1. The molecular formula is C13H20BrN3. The minimum absolute atomic E-state index is 1.01. The molecule has 4 heteroatoms. The van der Waals surface area contributed by atoms with Crippen molar-refractivity contribution >= 4 is 21.6 Å². The van der Waals surface area contributed by atoms with Gasteiger partial charge in [0.2, 0.25) is 0 Å². The molecule has 0 aromatic heterocycles. The van der Waals surface area contributed by atoms with Gasteiger partial charge in [0.05, 0.1) is 0 Å². The van der Waals surface area contributed by atoms with E-state index in [4.69, 9.17) is 0 Å². The lowest BCUT2D eigenvalue weighted by Crippen LogP contribution is -2.45. The molecule has 0 unspecified atom stereocenters. The van der Waals surface area contributed by atoms with Crippen LogP contribution in [0.2, 0.25) is 0 Å². The van der Waals surface area contributed by atoms with E-state index in [-0.39, 0.29) is 0 Å². The van der Waals surface area contributed by atoms with Crippen LogP contribution in [0.5, 0.6) is 0 Å². The largest absolute Gasteiger partial charge is 0.384 e. The van der Waals surface area contributed by atoms with Gasteiger partial charge in [0, 0.05) is 49.4 Å². The molecule has 1 aromatic carbocycles. The Morgan fingerprint density at radius 2 is 2.12 bits per heavy atom. The van der Waals surface area contributed by atoms with Gasteiger partial charge in [-0.25, -0.2) is 0 Å². The average molecular weight is 298 g/mol. The zero-order chi connectivity index (χ0) is 12.1. The Morgan fingerprint density at radius 1 is 1.35 bits per heavy atom. The van der Waals surface area contributed by atoms with Gasteiger partial charge in [-0.15, -0.1) is 0 Å². The third kappa shape index (κ3) is 3.98. The minimum atomic E-state index is 1.01. The van der Waals surface area contributed by atoms with Crippen molar-refractivity contribution in [1.29, 1.82) is 0 Å². The lowest BCUT2D eigenvalue weighted by molar-refractivity contribution is 0.249. The fourth-order valence-electron chi connectivity index (χ4n) is 2.05. The first-order valence-corrected chi connectivity index (χ1v) is 6.98. The van der Waals surface area contributed by atoms with Crippen LogP contribution in [-0.2, 0) is 0 Å². The number of nitrogens with one attached hydrogen (secondary N) is 2. The van der Waals surface area contributed by atoms with Gasteiger partial charge in [0.1, 0.15) is 0 Å². The van der Waals surface area contributed by atoms with Crippen molar-refractivity contribution in [3.05, 3.63) is 28.2 Å². The second-order valence-corrected chi connectivity index (χ2v) is 5.34. The summed E-state index contributed by atoms with van der Waals surface area (Å²) in [5.74, 6) is 0. The molecule has 0 amide bonds. The molecule has 1 saturated heterocycles. The fourth-order valence-corrected chi connectivity index (χ4v) is 2.29. The molecule has 1 aliphatic heterocycles. The molecule has 17 heavy (non-hydrogen) atoms. The first-order valence-electron chi connectivity index (χ1n) is 6.19. The lowest BCUT2D eigenvalue weighted by Gasteiger charge is -2.27. The molecule has 0 spiro atoms. The summed E-state index contributed by atoms with van der Waals surface area (Å²) in [7, 11) is 0. The smallest absolute Gasteiger partial charge is 0.0344 e. The van der Waals surface area contributed by atoms with Crippen LogP contribution < -0.4 is 10.6 Å². The van der Waals surface area contributed by atoms with E-state index in [0.29, 0.717) is 0 Å². The number of aryl methyl sites for hydroxylation is 1. The molecule has 2 rings (SSSR count). The van der Waals surface area contributed by atoms with Gasteiger partial charge in [-0.05, 0) is 30.7 Å². The van der Waals surface area contributed by atoms with E-state index in [1.807, 2.05) is 0 Å². The Kier molecular flexibility index (Phi) is 4.83. The van der Waals surface area contributed by atoms with E-state index >= 15 is 0 Å². The van der Waals surface area contributed by atoms with Crippen LogP contribution in [0.1, 0.15) is 5.56 Å². The average Bonchev–Trinajstić information content (AvgIpc) is 2.35. The van der Waals surface area contributed by atoms with Crippen molar-refractivity contribution in [2.45, 2.75) is 6.92 Å². The molecule has 0 aliphatic carbocycles. The maximum atomic E-state index is 3.52. The van der Waals surface area contributed by atoms with Crippen molar-refractivity contribution in [3.8, 4) is 0 Å². The second kappa shape index (κ2) is 6.38. The van der Waals surface area contributed by atoms with Gasteiger partial charge in [-0.2, -0.15) is 0 Å². The molecule has 1 aromatic rings. The number of nitrogens with zero attached hydrogens (tertiary/aromatic N) is 1. The topological polar surface area (TPSA) is 27.3 Å². The van der Waals surface area contributed by atoms with Crippen LogP contribution >= 0.6 is 15.9 Å². The summed E-state index contributed by atoms with van der Waals surface area (Å²) >= 11 is 3.52. The third-order valence-corrected chi connectivity index (χ3v) is 4.01. The Balaban J connectivity index is 1.75. The molecule has 1 fully saturated rings. The summed E-state index contributed by atoms with van der Waals surface area (Å²) in [6.07, 6.45) is 0. The molecule has 1 aliphatic rings. The van der Waals surface area contributed by atoms with Crippen molar-refractivity contribution in [1.82, 2.24) is 10.2 Å². The zero-order valence-electron chi connectivity index (χ0n) is 10.3. The molecule has 0 saturated carbocycles. The van der Waals surface area contributed by atoms with Crippen LogP contribution in [0, 0.1) is 6.92 Å². The van der Waals surface area contributed by atoms with Crippen LogP contribution in [0.25, 0.3) is 0 Å². The first kappa shape index (κ1) is 12.9. The Hall–Kier alpha value is -0.580. The van der Waals surface area contributed by atoms with Gasteiger partial charge in [0.15, 0.2) is 0 Å². The molecular weight excluding hydrogens is 278 g/mol. The van der Waals surface area contributed by atoms with Crippen molar-refractivity contribution in [2.75, 3.05) is 44.6 Å². The molecule has 2 N–H and O–H groups in total. The van der Waals surface area contributed by atoms with Gasteiger partial charge in [-0.3, -0.25) is 4.90 Å². The fraction of sp³-hybridized carbons (Fsp3) is 0.538. The normalized spacial score (nSPS) is 17.1. The highest BCUT2D eigenvalue weighted by Crippen LogP contribution is 2.19. The molecule has 1 heterocycles. The highest BCUT2D eigenvalue weighted by Gasteiger charge is 2.08. The highest BCUT2D eigenvalue weighted by atomic mass is 79.9. The summed E-state index contributed by atoms with van der Waals surface area (Å²) in [5, 5.41) is 6.85. The van der Waals surface area contributed by atoms with Crippen molar-refractivity contribution in [2.24, 2.45) is 0 Å². The first-order chi connectivity index (χ1) is 8.25. The number of benzene rings is 1. The van der Waals surface area contributed by atoms with Gasteiger partial charge >= 0.3 is 0 Å². The second-order valence-electron chi connectivity index (χ2n) is 4.48. The van der Waals surface area contributed by atoms with Crippen LogP contribution in [0.4, 0.5) is 5.69 Å². The van der Waals surface area contributed by atoms with E-state index in [2.05, 4.69) is 56.6 Å². The van der Waals surface area contributed by atoms with Crippen LogP contribution in [0.15, 0.2) is 22.7 Å². The van der Waals surface area contributed by atoms with Gasteiger partial charge in [0.25, 0.3) is 0 Å². The number of hydrogen-bond acceptors (Lipinski definition) is 3. The predicted molar refractivity (Wildman–Crippen MR) is 76.7 cm³/mol. The summed E-state index contributed by atoms with van der Waals surface area (Å²) in [6.45, 7) is 8.83.